The Morgan fingerprint density at radius 2 is 2.00 bits per heavy atom. The molecular weight excluding hydrogens is 475 g/mol. The van der Waals surface area contributed by atoms with Crippen LogP contribution in [-0.2, 0) is 30.4 Å². The van der Waals surface area contributed by atoms with E-state index in [1.165, 1.54) is 18.1 Å². The van der Waals surface area contributed by atoms with E-state index in [2.05, 4.69) is 15.2 Å². The number of H-pyrrole nitrogens is 1. The van der Waals surface area contributed by atoms with Gasteiger partial charge in [0.1, 0.15) is 5.82 Å². The average Bonchev–Trinajstić information content (AvgIpc) is 3.39. The van der Waals surface area contributed by atoms with Crippen molar-refractivity contribution >= 4 is 28.3 Å². The number of hydrogen-bond acceptors (Lipinski definition) is 5. The monoisotopic (exact) mass is 497 g/mol. The van der Waals surface area contributed by atoms with Gasteiger partial charge in [0.05, 0.1) is 23.2 Å². The van der Waals surface area contributed by atoms with Gasteiger partial charge in [0.15, 0.2) is 0 Å². The number of fused-ring (bicyclic) bond motifs is 4. The third-order valence-electron chi connectivity index (χ3n) is 6.89. The second-order valence-corrected chi connectivity index (χ2v) is 9.38. The summed E-state index contributed by atoms with van der Waals surface area (Å²) in [6.07, 6.45) is -1.18. The molecule has 4 aromatic rings. The second-order valence-electron chi connectivity index (χ2n) is 9.38. The molecule has 1 saturated carbocycles. The summed E-state index contributed by atoms with van der Waals surface area (Å²) in [5.41, 5.74) is 1.96. The highest BCUT2D eigenvalue weighted by molar-refractivity contribution is 6.09. The van der Waals surface area contributed by atoms with Crippen molar-refractivity contribution in [3.8, 4) is 0 Å². The molecule has 0 atom stereocenters. The third-order valence-corrected chi connectivity index (χ3v) is 6.89. The van der Waals surface area contributed by atoms with Crippen molar-refractivity contribution < 1.29 is 22.7 Å². The largest absolute Gasteiger partial charge is 0.416 e. The lowest BCUT2D eigenvalue weighted by Gasteiger charge is -2.20. The number of hydrogen-bond donors (Lipinski definition) is 1. The van der Waals surface area contributed by atoms with Crippen molar-refractivity contribution in [2.24, 2.45) is 5.92 Å². The van der Waals surface area contributed by atoms with Crippen LogP contribution in [0, 0.1) is 5.92 Å². The van der Waals surface area contributed by atoms with Gasteiger partial charge in [-0.1, -0.05) is 0 Å². The van der Waals surface area contributed by atoms with Crippen molar-refractivity contribution in [3.63, 3.8) is 0 Å². The molecule has 0 saturated heterocycles. The van der Waals surface area contributed by atoms with Gasteiger partial charge in [-0.25, -0.2) is 0 Å². The maximum absolute atomic E-state index is 13.7. The van der Waals surface area contributed by atoms with Crippen molar-refractivity contribution in [1.82, 2.24) is 19.6 Å². The maximum atomic E-state index is 13.7. The van der Waals surface area contributed by atoms with E-state index in [0.29, 0.717) is 58.0 Å². The highest BCUT2D eigenvalue weighted by Gasteiger charge is 2.34. The molecule has 3 heterocycles. The molecule has 6 rings (SSSR count). The quantitative estimate of drug-likeness (QED) is 0.452. The Morgan fingerprint density at radius 1 is 1.19 bits per heavy atom. The standard InChI is InChI=1S/C25H22F3N5O3/c1-36-12-15-10-20-18(29-23(34)22-31-30-21(33(20)22)8-13-2-3-13)11-17(15)24(35)32-7-6-14-9-16(25(26,27)28)4-5-19(14)32/h4-5,9-11,13H,2-3,6-8,12H2,1H3,(H,29,34). The number of rotatable bonds is 5. The summed E-state index contributed by atoms with van der Waals surface area (Å²) in [5, 5.41) is 8.32. The Hall–Kier alpha value is -3.73. The molecule has 186 valence electrons. The molecule has 0 bridgehead atoms. The van der Waals surface area contributed by atoms with Crippen LogP contribution in [0.5, 0.6) is 0 Å². The minimum absolute atomic E-state index is 0.130. The first-order chi connectivity index (χ1) is 17.2. The Kier molecular flexibility index (Phi) is 5.15. The fraction of sp³-hybridized carbons (Fsp3) is 0.360. The fourth-order valence-electron chi connectivity index (χ4n) is 4.93. The minimum Gasteiger partial charge on any atom is -0.380 e. The number of alkyl halides is 3. The predicted octanol–water partition coefficient (Wildman–Crippen LogP) is 3.89. The summed E-state index contributed by atoms with van der Waals surface area (Å²) >= 11 is 0. The van der Waals surface area contributed by atoms with Gasteiger partial charge in [-0.15, -0.1) is 10.2 Å². The van der Waals surface area contributed by atoms with Crippen molar-refractivity contribution in [2.45, 2.75) is 38.5 Å². The maximum Gasteiger partial charge on any atom is 0.416 e. The first kappa shape index (κ1) is 22.7. The summed E-state index contributed by atoms with van der Waals surface area (Å²) in [6.45, 7) is 0.387. The molecule has 1 aliphatic heterocycles. The Morgan fingerprint density at radius 3 is 2.72 bits per heavy atom. The van der Waals surface area contributed by atoms with Gasteiger partial charge in [0, 0.05) is 31.3 Å². The first-order valence-electron chi connectivity index (χ1n) is 11.7. The van der Waals surface area contributed by atoms with E-state index in [9.17, 15) is 22.8 Å². The minimum atomic E-state index is -4.45. The SMILES string of the molecule is COCc1cc2c(cc1C(=O)N1CCc3cc(C(F)(F)F)ccc31)[nH]c(=O)c1nnc(CC3CC3)n12. The van der Waals surface area contributed by atoms with Crippen LogP contribution in [0.1, 0.15) is 45.7 Å². The lowest BCUT2D eigenvalue weighted by Crippen LogP contribution is -2.30. The molecule has 0 radical (unpaired) electrons. The van der Waals surface area contributed by atoms with Crippen LogP contribution >= 0.6 is 0 Å². The zero-order valence-electron chi connectivity index (χ0n) is 19.4. The molecule has 1 amide bonds. The third kappa shape index (κ3) is 3.74. The molecule has 0 spiro atoms. The molecule has 2 aliphatic rings. The molecule has 1 N–H and O–H groups in total. The lowest BCUT2D eigenvalue weighted by molar-refractivity contribution is -0.137. The summed E-state index contributed by atoms with van der Waals surface area (Å²) in [4.78, 5) is 30.7. The van der Waals surface area contributed by atoms with E-state index in [4.69, 9.17) is 4.74 Å². The summed E-state index contributed by atoms with van der Waals surface area (Å²) < 4.78 is 46.6. The Balaban J connectivity index is 1.46. The molecule has 0 unspecified atom stereocenters. The van der Waals surface area contributed by atoms with E-state index in [-0.39, 0.29) is 24.7 Å². The van der Waals surface area contributed by atoms with Crippen LogP contribution in [-0.4, -0.2) is 39.1 Å². The number of nitrogens with zero attached hydrogens (tertiary/aromatic N) is 4. The number of anilines is 1. The van der Waals surface area contributed by atoms with Gasteiger partial charge in [0.25, 0.3) is 11.5 Å². The number of nitrogens with one attached hydrogen (secondary N) is 1. The van der Waals surface area contributed by atoms with Crippen LogP contribution in [0.25, 0.3) is 16.7 Å². The zero-order chi connectivity index (χ0) is 25.2. The van der Waals surface area contributed by atoms with Crippen LogP contribution < -0.4 is 10.5 Å². The smallest absolute Gasteiger partial charge is 0.380 e. The normalized spacial score (nSPS) is 15.7. The summed E-state index contributed by atoms with van der Waals surface area (Å²) in [7, 11) is 1.52. The van der Waals surface area contributed by atoms with E-state index in [1.807, 2.05) is 0 Å². The van der Waals surface area contributed by atoms with Crippen LogP contribution in [0.3, 0.4) is 0 Å². The molecule has 1 fully saturated rings. The molecule has 36 heavy (non-hydrogen) atoms. The Bertz CT molecular complexity index is 1590. The number of carbonyl (C=O) groups is 1. The number of carbonyl (C=O) groups excluding carboxylic acids is 1. The van der Waals surface area contributed by atoms with Crippen LogP contribution in [0.15, 0.2) is 35.1 Å². The van der Waals surface area contributed by atoms with Crippen molar-refractivity contribution in [3.05, 3.63) is 68.8 Å². The van der Waals surface area contributed by atoms with Gasteiger partial charge in [-0.3, -0.25) is 14.0 Å². The Labute approximate surface area is 202 Å². The summed E-state index contributed by atoms with van der Waals surface area (Å²) in [5.74, 6) is 0.851. The number of amides is 1. The van der Waals surface area contributed by atoms with Crippen LogP contribution in [0.4, 0.5) is 18.9 Å². The van der Waals surface area contributed by atoms with E-state index in [0.717, 1.165) is 25.0 Å². The van der Waals surface area contributed by atoms with Gasteiger partial charge >= 0.3 is 6.18 Å². The predicted molar refractivity (Wildman–Crippen MR) is 125 cm³/mol. The number of ether oxygens (including phenoxy) is 1. The van der Waals surface area contributed by atoms with E-state index in [1.54, 1.807) is 16.5 Å². The number of methoxy groups -OCH3 is 1. The molecular formula is C25H22F3N5O3. The molecule has 2 aromatic carbocycles. The number of aromatic amines is 1. The number of benzene rings is 2. The van der Waals surface area contributed by atoms with Gasteiger partial charge in [0.2, 0.25) is 5.65 Å². The van der Waals surface area contributed by atoms with E-state index >= 15 is 0 Å². The zero-order valence-corrected chi connectivity index (χ0v) is 19.4. The van der Waals surface area contributed by atoms with Gasteiger partial charge < -0.3 is 14.6 Å². The topological polar surface area (TPSA) is 92.6 Å². The highest BCUT2D eigenvalue weighted by Crippen LogP contribution is 2.37. The van der Waals surface area contributed by atoms with Crippen LogP contribution in [0.2, 0.25) is 0 Å². The van der Waals surface area contributed by atoms with Crippen molar-refractivity contribution in [2.75, 3.05) is 18.6 Å². The number of aromatic nitrogens is 4. The molecule has 2 aromatic heterocycles. The highest BCUT2D eigenvalue weighted by atomic mass is 19.4. The number of halogens is 3. The lowest BCUT2D eigenvalue weighted by atomic mass is 10.0. The van der Waals surface area contributed by atoms with Gasteiger partial charge in [-0.05, 0) is 66.6 Å². The van der Waals surface area contributed by atoms with Gasteiger partial charge in [-0.2, -0.15) is 13.2 Å². The fourth-order valence-corrected chi connectivity index (χ4v) is 4.93. The molecule has 8 nitrogen and oxygen atoms in total. The molecule has 1 aliphatic carbocycles. The first-order valence-corrected chi connectivity index (χ1v) is 11.7. The van der Waals surface area contributed by atoms with E-state index < -0.39 is 17.3 Å². The molecule has 11 heteroatoms. The summed E-state index contributed by atoms with van der Waals surface area (Å²) in [6, 6.07) is 6.82. The van der Waals surface area contributed by atoms with Crippen molar-refractivity contribution in [1.29, 1.82) is 0 Å². The second kappa shape index (κ2) is 8.16. The average molecular weight is 497 g/mol.